The Morgan fingerprint density at radius 2 is 1.00 bits per heavy atom. The van der Waals surface area contributed by atoms with E-state index in [4.69, 9.17) is 0 Å². The molecule has 3 radical (unpaired) electrons. The maximum atomic E-state index is 0. The van der Waals surface area contributed by atoms with E-state index in [1.807, 2.05) is 0 Å². The number of rotatable bonds is 0. The van der Waals surface area contributed by atoms with E-state index in [0.717, 1.165) is 0 Å². The molecule has 0 heterocycles. The fraction of sp³-hybridized carbons (Fsp3) is 0. The van der Waals surface area contributed by atoms with Gasteiger partial charge in [-0.25, -0.2) is 0 Å². The second-order valence-corrected chi connectivity index (χ2v) is 0. The Hall–Kier alpha value is 1.53. The van der Waals surface area contributed by atoms with Gasteiger partial charge in [0.15, 0.2) is 17.4 Å². The molecule has 0 N–H and O–H groups in total. The number of hydrogen-bond donors (Lipinski definition) is 0. The average molecular weight is 121 g/mol. The first-order valence-electron chi connectivity index (χ1n) is 0. The summed E-state index contributed by atoms with van der Waals surface area (Å²) in [6, 6.07) is 0. The van der Waals surface area contributed by atoms with Crippen molar-refractivity contribution in [3.05, 3.63) is 0 Å². The topological polar surface area (TPSA) is 0 Å². The molecule has 0 nitrogen and oxygen atoms in total. The molecule has 4 heavy (non-hydrogen) atoms. The Labute approximate surface area is 58.3 Å². The third-order valence-electron chi connectivity index (χ3n) is 0. The quantitative estimate of drug-likeness (QED) is 0.299. The van der Waals surface area contributed by atoms with Gasteiger partial charge in [-0.1, -0.05) is 0 Å². The second-order valence-electron chi connectivity index (χ2n) is 0. The molecule has 0 amide bonds. The third kappa shape index (κ3) is 9.66. The van der Waals surface area contributed by atoms with Gasteiger partial charge >= 0.3 is 0 Å². The Kier molecular flexibility index (Phi) is 293. The Morgan fingerprint density at radius 1 is 1.00 bits per heavy atom. The van der Waals surface area contributed by atoms with Crippen LogP contribution in [0.1, 0.15) is 0 Å². The number of hydrogen-bond acceptors (Lipinski definition) is 0. The van der Waals surface area contributed by atoms with E-state index >= 15 is 0 Å². The molecule has 0 saturated heterocycles. The van der Waals surface area contributed by atoms with Gasteiger partial charge in [0.05, 0.1) is 0 Å². The first-order valence-corrected chi connectivity index (χ1v) is 0. The van der Waals surface area contributed by atoms with Gasteiger partial charge in [-0.2, -0.15) is 0 Å². The van der Waals surface area contributed by atoms with E-state index in [0.29, 0.717) is 0 Å². The summed E-state index contributed by atoms with van der Waals surface area (Å²) in [6.45, 7) is 0. The molecule has 0 aromatic rings. The molecule has 0 saturated carbocycles. The van der Waals surface area contributed by atoms with Crippen LogP contribution in [0.5, 0.6) is 0 Å². The summed E-state index contributed by atoms with van der Waals surface area (Å²) in [6.07, 6.45) is 0. The van der Waals surface area contributed by atoms with E-state index in [1.54, 1.807) is 0 Å². The van der Waals surface area contributed by atoms with Crippen LogP contribution in [-0.2, 0) is 21.7 Å². The molecule has 0 atom stereocenters. The van der Waals surface area contributed by atoms with Gasteiger partial charge < -0.3 is 0 Å². The largest absolute Gasteiger partial charge is 0.187 e. The molecule has 0 unspecified atom stereocenters. The molecule has 0 aliphatic carbocycles. The maximum absolute atomic E-state index is 0. The summed E-state index contributed by atoms with van der Waals surface area (Å²) in [5.74, 6) is 0. The molecule has 21 valence electrons. The van der Waals surface area contributed by atoms with Gasteiger partial charge in [-0.05, 0) is 11.0 Å². The zero-order valence-electron chi connectivity index (χ0n) is 1.08. The third-order valence-corrected chi connectivity index (χ3v) is 0. The summed E-state index contributed by atoms with van der Waals surface area (Å²) < 4.78 is 0. The van der Waals surface area contributed by atoms with Crippen molar-refractivity contribution in [3.8, 4) is 0 Å². The van der Waals surface area contributed by atoms with Crippen molar-refractivity contribution in [2.75, 3.05) is 0 Å². The standard InChI is InChI=1S/Al.B.H4Si.Ti.3H/h;;1H4;;;;. The SMILES string of the molecule is [AlH3].[B].[SiH4].[Ti]. The molecule has 0 aliphatic heterocycles. The van der Waals surface area contributed by atoms with Crippen LogP contribution in [0.15, 0.2) is 0 Å². The minimum Gasteiger partial charge on any atom is -0.0149 e. The second kappa shape index (κ2) is 24.1. The van der Waals surface area contributed by atoms with Crippen LogP contribution in [0, 0.1) is 0 Å². The maximum Gasteiger partial charge on any atom is 0.187 e. The smallest absolute Gasteiger partial charge is 0.0149 e. The van der Waals surface area contributed by atoms with Crippen molar-refractivity contribution in [1.82, 2.24) is 0 Å². The molecule has 0 rings (SSSR count). The summed E-state index contributed by atoms with van der Waals surface area (Å²) in [5, 5.41) is 0. The van der Waals surface area contributed by atoms with E-state index in [9.17, 15) is 0 Å². The molecule has 0 bridgehead atoms. The van der Waals surface area contributed by atoms with Crippen LogP contribution in [0.4, 0.5) is 0 Å². The summed E-state index contributed by atoms with van der Waals surface area (Å²) in [5.41, 5.74) is 0. The zero-order chi connectivity index (χ0) is 0. The van der Waals surface area contributed by atoms with E-state index in [1.165, 1.54) is 0 Å². The van der Waals surface area contributed by atoms with Gasteiger partial charge in [0, 0.05) is 30.1 Å². The fourth-order valence-corrected chi connectivity index (χ4v) is 0. The minimum absolute atomic E-state index is 0. The molecular weight excluding hydrogens is 114 g/mol. The van der Waals surface area contributed by atoms with E-state index in [2.05, 4.69) is 0 Å². The van der Waals surface area contributed by atoms with Crippen LogP contribution in [-0.4, -0.2) is 36.7 Å². The van der Waals surface area contributed by atoms with Gasteiger partial charge in [-0.3, -0.25) is 0 Å². The van der Waals surface area contributed by atoms with Gasteiger partial charge in [0.1, 0.15) is 0 Å². The van der Waals surface area contributed by atoms with Crippen LogP contribution in [0.2, 0.25) is 0 Å². The molecule has 0 fully saturated rings. The van der Waals surface area contributed by atoms with Crippen LogP contribution < -0.4 is 0 Å². The normalized spacial score (nSPS) is 0. The Morgan fingerprint density at radius 3 is 1.00 bits per heavy atom. The molecule has 0 aromatic heterocycles. The Bertz CT molecular complexity index is 8.00. The van der Waals surface area contributed by atoms with Gasteiger partial charge in [-0.15, -0.1) is 0 Å². The van der Waals surface area contributed by atoms with Crippen molar-refractivity contribution >= 4 is 36.7 Å². The predicted molar refractivity (Wildman–Crippen MR) is 27.0 cm³/mol. The van der Waals surface area contributed by atoms with Crippen molar-refractivity contribution in [1.29, 1.82) is 0 Å². The fourth-order valence-electron chi connectivity index (χ4n) is 0. The predicted octanol–water partition coefficient (Wildman–Crippen LogP) is -3.02. The summed E-state index contributed by atoms with van der Waals surface area (Å²) in [4.78, 5) is 0. The molecule has 0 aliphatic rings. The van der Waals surface area contributed by atoms with E-state index in [-0.39, 0.29) is 58.5 Å². The molecule has 0 spiro atoms. The molecule has 4 heteroatoms. The molecule has 0 aromatic carbocycles. The summed E-state index contributed by atoms with van der Waals surface area (Å²) in [7, 11) is 0. The van der Waals surface area contributed by atoms with Crippen molar-refractivity contribution in [3.63, 3.8) is 0 Å². The zero-order valence-corrected chi connectivity index (χ0v) is 2.64. The van der Waals surface area contributed by atoms with Crippen LogP contribution in [0.3, 0.4) is 0 Å². The van der Waals surface area contributed by atoms with Crippen molar-refractivity contribution < 1.29 is 21.7 Å². The monoisotopic (exact) mass is 121 g/mol. The average Bonchev–Trinajstić information content (AvgIpc) is 0. The minimum atomic E-state index is 0. The van der Waals surface area contributed by atoms with Crippen molar-refractivity contribution in [2.24, 2.45) is 0 Å². The van der Waals surface area contributed by atoms with Gasteiger partial charge in [0.25, 0.3) is 0 Å². The Balaban J connectivity index is 0. The van der Waals surface area contributed by atoms with Crippen LogP contribution in [0.25, 0.3) is 0 Å². The first kappa shape index (κ1) is 48.5. The van der Waals surface area contributed by atoms with Crippen LogP contribution >= 0.6 is 0 Å². The molecular formula is H7AlBSiTi. The first-order chi connectivity index (χ1) is 0. The van der Waals surface area contributed by atoms with Crippen molar-refractivity contribution in [2.45, 2.75) is 0 Å². The summed E-state index contributed by atoms with van der Waals surface area (Å²) >= 11 is 0. The van der Waals surface area contributed by atoms with E-state index < -0.39 is 0 Å². The van der Waals surface area contributed by atoms with Gasteiger partial charge in [0.2, 0.25) is 0 Å².